The van der Waals surface area contributed by atoms with Crippen LogP contribution in [0.25, 0.3) is 0 Å². The third kappa shape index (κ3) is 3.29. The lowest BCUT2D eigenvalue weighted by atomic mass is 10.0. The van der Waals surface area contributed by atoms with Crippen LogP contribution in [0.15, 0.2) is 12.1 Å². The van der Waals surface area contributed by atoms with E-state index in [-0.39, 0.29) is 6.03 Å². The number of fused-ring (bicyclic) bond motifs is 1. The second-order valence-electron chi connectivity index (χ2n) is 5.50. The minimum Gasteiger partial charge on any atom is -0.493 e. The second-order valence-corrected chi connectivity index (χ2v) is 5.50. The lowest BCUT2D eigenvalue weighted by molar-refractivity contribution is 0.202. The van der Waals surface area contributed by atoms with Crippen LogP contribution in [0.1, 0.15) is 37.3 Å². The van der Waals surface area contributed by atoms with Crippen molar-refractivity contribution in [3.63, 3.8) is 0 Å². The summed E-state index contributed by atoms with van der Waals surface area (Å²) in [7, 11) is 3.30. The number of nitrogens with one attached hydrogen (secondary N) is 1. The molecular weight excluding hydrogens is 280 g/mol. The quantitative estimate of drug-likeness (QED) is 0.879. The molecule has 1 aliphatic carbocycles. The van der Waals surface area contributed by atoms with E-state index in [0.29, 0.717) is 12.5 Å². The van der Waals surface area contributed by atoms with Gasteiger partial charge < -0.3 is 19.7 Å². The molecule has 0 bridgehead atoms. The molecule has 0 fully saturated rings. The summed E-state index contributed by atoms with van der Waals surface area (Å²) in [5.41, 5.74) is 2.55. The molecule has 0 heterocycles. The largest absolute Gasteiger partial charge is 0.493 e. The van der Waals surface area contributed by atoms with Crippen LogP contribution in [0.2, 0.25) is 0 Å². The molecule has 2 amide bonds. The minimum absolute atomic E-state index is 0.0129. The SMILES string of the molecule is CCN(CC)C(=O)NCC1CCc2cc(OC)c(OC)cc21. The van der Waals surface area contributed by atoms with Gasteiger partial charge in [0, 0.05) is 25.6 Å². The molecular formula is C17H26N2O3. The Labute approximate surface area is 132 Å². The summed E-state index contributed by atoms with van der Waals surface area (Å²) < 4.78 is 10.7. The molecule has 2 rings (SSSR count). The molecule has 0 spiro atoms. The first-order valence-electron chi connectivity index (χ1n) is 7.92. The van der Waals surface area contributed by atoms with Crippen molar-refractivity contribution >= 4 is 6.03 Å². The van der Waals surface area contributed by atoms with Crippen molar-refractivity contribution in [3.05, 3.63) is 23.3 Å². The van der Waals surface area contributed by atoms with Crippen molar-refractivity contribution in [2.75, 3.05) is 33.9 Å². The second kappa shape index (κ2) is 7.38. The highest BCUT2D eigenvalue weighted by atomic mass is 16.5. The van der Waals surface area contributed by atoms with Gasteiger partial charge in [0.1, 0.15) is 0 Å². The van der Waals surface area contributed by atoms with Gasteiger partial charge in [0.25, 0.3) is 0 Å². The number of amides is 2. The molecule has 1 aromatic carbocycles. The van der Waals surface area contributed by atoms with Crippen LogP contribution in [0.4, 0.5) is 4.79 Å². The molecule has 122 valence electrons. The molecule has 1 atom stereocenters. The van der Waals surface area contributed by atoms with Crippen molar-refractivity contribution in [2.45, 2.75) is 32.6 Å². The zero-order valence-corrected chi connectivity index (χ0v) is 13.9. The van der Waals surface area contributed by atoms with Gasteiger partial charge in [0.15, 0.2) is 11.5 Å². The molecule has 0 saturated heterocycles. The van der Waals surface area contributed by atoms with E-state index in [4.69, 9.17) is 9.47 Å². The molecule has 5 heteroatoms. The highest BCUT2D eigenvalue weighted by Crippen LogP contribution is 2.40. The van der Waals surface area contributed by atoms with Gasteiger partial charge in [0.05, 0.1) is 14.2 Å². The number of methoxy groups -OCH3 is 2. The molecule has 1 aliphatic rings. The Morgan fingerprint density at radius 1 is 1.23 bits per heavy atom. The van der Waals surface area contributed by atoms with Crippen molar-refractivity contribution in [2.24, 2.45) is 0 Å². The number of benzene rings is 1. The highest BCUT2D eigenvalue weighted by Gasteiger charge is 2.25. The average Bonchev–Trinajstić information content (AvgIpc) is 2.94. The summed E-state index contributed by atoms with van der Waals surface area (Å²) in [5.74, 6) is 1.87. The molecule has 0 aliphatic heterocycles. The molecule has 0 aromatic heterocycles. The maximum absolute atomic E-state index is 12.1. The summed E-state index contributed by atoms with van der Waals surface area (Å²) in [6.07, 6.45) is 2.06. The highest BCUT2D eigenvalue weighted by molar-refractivity contribution is 5.74. The maximum atomic E-state index is 12.1. The number of rotatable bonds is 6. The summed E-state index contributed by atoms with van der Waals surface area (Å²) >= 11 is 0. The van der Waals surface area contributed by atoms with Gasteiger partial charge in [-0.2, -0.15) is 0 Å². The van der Waals surface area contributed by atoms with Crippen LogP contribution in [0, 0.1) is 0 Å². The Bertz CT molecular complexity index is 527. The molecule has 22 heavy (non-hydrogen) atoms. The number of carbonyl (C=O) groups is 1. The van der Waals surface area contributed by atoms with E-state index in [1.807, 2.05) is 13.8 Å². The van der Waals surface area contributed by atoms with Gasteiger partial charge in [-0.1, -0.05) is 0 Å². The predicted octanol–water partition coefficient (Wildman–Crippen LogP) is 2.79. The standard InChI is InChI=1S/C17H26N2O3/c1-5-19(6-2)17(20)18-11-13-8-7-12-9-15(21-3)16(22-4)10-14(12)13/h9-10,13H,5-8,11H2,1-4H3,(H,18,20). The lowest BCUT2D eigenvalue weighted by Crippen LogP contribution is -2.41. The van der Waals surface area contributed by atoms with Crippen molar-refractivity contribution in [1.29, 1.82) is 0 Å². The Morgan fingerprint density at radius 3 is 2.45 bits per heavy atom. The molecule has 1 N–H and O–H groups in total. The molecule has 5 nitrogen and oxygen atoms in total. The Kier molecular flexibility index (Phi) is 5.52. The fraction of sp³-hybridized carbons (Fsp3) is 0.588. The van der Waals surface area contributed by atoms with E-state index in [1.54, 1.807) is 19.1 Å². The van der Waals surface area contributed by atoms with Gasteiger partial charge in [-0.05, 0) is 49.9 Å². The molecule has 0 saturated carbocycles. The van der Waals surface area contributed by atoms with Crippen LogP contribution >= 0.6 is 0 Å². The summed E-state index contributed by atoms with van der Waals surface area (Å²) in [4.78, 5) is 13.9. The van der Waals surface area contributed by atoms with E-state index in [9.17, 15) is 4.79 Å². The average molecular weight is 306 g/mol. The van der Waals surface area contributed by atoms with Gasteiger partial charge in [-0.15, -0.1) is 0 Å². The number of carbonyl (C=O) groups excluding carboxylic acids is 1. The minimum atomic E-state index is 0.0129. The monoisotopic (exact) mass is 306 g/mol. The number of nitrogens with zero attached hydrogens (tertiary/aromatic N) is 1. The van der Waals surface area contributed by atoms with Gasteiger partial charge >= 0.3 is 6.03 Å². The lowest BCUT2D eigenvalue weighted by Gasteiger charge is -2.21. The number of hydrogen-bond acceptors (Lipinski definition) is 3. The van der Waals surface area contributed by atoms with Crippen LogP contribution in [0.5, 0.6) is 11.5 Å². The Balaban J connectivity index is 2.07. The zero-order valence-electron chi connectivity index (χ0n) is 13.9. The van der Waals surface area contributed by atoms with Crippen LogP contribution in [-0.2, 0) is 6.42 Å². The first-order chi connectivity index (χ1) is 10.6. The molecule has 1 aromatic rings. The Morgan fingerprint density at radius 2 is 1.86 bits per heavy atom. The number of ether oxygens (including phenoxy) is 2. The summed E-state index contributed by atoms with van der Waals surface area (Å²) in [6, 6.07) is 4.12. The van der Waals surface area contributed by atoms with Gasteiger partial charge in [-0.25, -0.2) is 4.79 Å². The van der Waals surface area contributed by atoms with Crippen LogP contribution in [-0.4, -0.2) is 44.8 Å². The third-order valence-corrected chi connectivity index (χ3v) is 4.40. The predicted molar refractivity (Wildman–Crippen MR) is 86.9 cm³/mol. The van der Waals surface area contributed by atoms with Crippen molar-refractivity contribution < 1.29 is 14.3 Å². The first-order valence-corrected chi connectivity index (χ1v) is 7.92. The molecule has 0 radical (unpaired) electrons. The molecule has 1 unspecified atom stereocenters. The normalized spacial score (nSPS) is 16.1. The third-order valence-electron chi connectivity index (χ3n) is 4.40. The van der Waals surface area contributed by atoms with E-state index < -0.39 is 0 Å². The topological polar surface area (TPSA) is 50.8 Å². The van der Waals surface area contributed by atoms with Gasteiger partial charge in [-0.3, -0.25) is 0 Å². The first kappa shape index (κ1) is 16.5. The smallest absolute Gasteiger partial charge is 0.317 e. The number of hydrogen-bond donors (Lipinski definition) is 1. The zero-order chi connectivity index (χ0) is 16.1. The van der Waals surface area contributed by atoms with E-state index in [0.717, 1.165) is 37.4 Å². The van der Waals surface area contributed by atoms with Crippen LogP contribution in [0.3, 0.4) is 0 Å². The maximum Gasteiger partial charge on any atom is 0.317 e. The van der Waals surface area contributed by atoms with E-state index >= 15 is 0 Å². The van der Waals surface area contributed by atoms with E-state index in [1.165, 1.54) is 11.1 Å². The summed E-state index contributed by atoms with van der Waals surface area (Å²) in [6.45, 7) is 6.11. The summed E-state index contributed by atoms with van der Waals surface area (Å²) in [5, 5.41) is 3.05. The van der Waals surface area contributed by atoms with Crippen molar-refractivity contribution in [3.8, 4) is 11.5 Å². The van der Waals surface area contributed by atoms with Gasteiger partial charge in [0.2, 0.25) is 0 Å². The fourth-order valence-electron chi connectivity index (χ4n) is 3.06. The Hall–Kier alpha value is -1.91. The fourth-order valence-corrected chi connectivity index (χ4v) is 3.06. The number of aryl methyl sites for hydroxylation is 1. The number of urea groups is 1. The van der Waals surface area contributed by atoms with Crippen LogP contribution < -0.4 is 14.8 Å². The van der Waals surface area contributed by atoms with E-state index in [2.05, 4.69) is 17.4 Å². The van der Waals surface area contributed by atoms with Crippen molar-refractivity contribution in [1.82, 2.24) is 10.2 Å².